The topological polar surface area (TPSA) is 82.2 Å². The van der Waals surface area contributed by atoms with Crippen molar-refractivity contribution in [1.29, 1.82) is 5.26 Å². The first kappa shape index (κ1) is 14.9. The molecule has 3 N–H and O–H groups in total. The first-order chi connectivity index (χ1) is 8.46. The van der Waals surface area contributed by atoms with Crippen LogP contribution >= 0.6 is 0 Å². The fourth-order valence-electron chi connectivity index (χ4n) is 2.23. The van der Waals surface area contributed by atoms with Crippen LogP contribution in [0.2, 0.25) is 0 Å². The molecule has 5 nitrogen and oxygen atoms in total. The fraction of sp³-hybridized carbons (Fsp3) is 0.846. The highest BCUT2D eigenvalue weighted by molar-refractivity contribution is 5.80. The molecule has 1 fully saturated rings. The molecule has 1 heterocycles. The molecular weight excluding hydrogens is 228 g/mol. The van der Waals surface area contributed by atoms with Gasteiger partial charge in [0.25, 0.3) is 0 Å². The van der Waals surface area contributed by atoms with Crippen molar-refractivity contribution in [3.05, 3.63) is 0 Å². The number of hydrogen-bond donors (Lipinski definition) is 2. The maximum Gasteiger partial charge on any atom is 0.236 e. The molecule has 5 heteroatoms. The van der Waals surface area contributed by atoms with E-state index >= 15 is 0 Å². The van der Waals surface area contributed by atoms with E-state index < -0.39 is 0 Å². The van der Waals surface area contributed by atoms with Crippen molar-refractivity contribution in [3.8, 4) is 6.07 Å². The fourth-order valence-corrected chi connectivity index (χ4v) is 2.23. The molecule has 0 aliphatic carbocycles. The number of unbranched alkanes of at least 4 members (excludes halogenated alkanes) is 1. The molecule has 0 saturated carbocycles. The molecule has 0 spiro atoms. The van der Waals surface area contributed by atoms with Crippen LogP contribution in [0.3, 0.4) is 0 Å². The second-order valence-corrected chi connectivity index (χ2v) is 5.61. The minimum absolute atomic E-state index is 0.178. The molecule has 102 valence electrons. The van der Waals surface area contributed by atoms with Gasteiger partial charge in [0, 0.05) is 19.6 Å². The lowest BCUT2D eigenvalue weighted by Crippen LogP contribution is -2.56. The summed E-state index contributed by atoms with van der Waals surface area (Å²) in [7, 11) is 0. The van der Waals surface area contributed by atoms with Crippen molar-refractivity contribution in [2.24, 2.45) is 11.1 Å². The van der Waals surface area contributed by atoms with Gasteiger partial charge in [0.1, 0.15) is 6.04 Å². The van der Waals surface area contributed by atoms with E-state index in [2.05, 4.69) is 16.3 Å². The number of nitrogens with zero attached hydrogens (tertiary/aromatic N) is 2. The summed E-state index contributed by atoms with van der Waals surface area (Å²) >= 11 is 0. The van der Waals surface area contributed by atoms with E-state index in [1.54, 1.807) is 0 Å². The van der Waals surface area contributed by atoms with Gasteiger partial charge in [-0.3, -0.25) is 9.69 Å². The van der Waals surface area contributed by atoms with Crippen molar-refractivity contribution in [2.45, 2.75) is 39.2 Å². The van der Waals surface area contributed by atoms with Gasteiger partial charge in [-0.2, -0.15) is 5.26 Å². The predicted molar refractivity (Wildman–Crippen MR) is 70.7 cm³/mol. The average molecular weight is 252 g/mol. The van der Waals surface area contributed by atoms with Gasteiger partial charge in [0.05, 0.1) is 11.5 Å². The molecule has 1 amide bonds. The zero-order valence-corrected chi connectivity index (χ0v) is 11.4. The smallest absolute Gasteiger partial charge is 0.236 e. The summed E-state index contributed by atoms with van der Waals surface area (Å²) in [4.78, 5) is 13.5. The van der Waals surface area contributed by atoms with E-state index in [1.807, 2.05) is 13.8 Å². The molecule has 1 unspecified atom stereocenters. The Morgan fingerprint density at radius 1 is 1.56 bits per heavy atom. The lowest BCUT2D eigenvalue weighted by Gasteiger charge is -2.34. The van der Waals surface area contributed by atoms with Crippen LogP contribution < -0.4 is 11.1 Å². The van der Waals surface area contributed by atoms with Crippen LogP contribution in [0.15, 0.2) is 0 Å². The molecule has 0 radical (unpaired) electrons. The minimum atomic E-state index is -0.250. The number of rotatable bonds is 6. The Morgan fingerprint density at radius 3 is 2.89 bits per heavy atom. The normalized spacial score (nSPS) is 21.5. The first-order valence-corrected chi connectivity index (χ1v) is 6.61. The summed E-state index contributed by atoms with van der Waals surface area (Å²) in [5.41, 5.74) is 5.15. The lowest BCUT2D eigenvalue weighted by atomic mass is 9.89. The Bertz CT molecular complexity index is 321. The number of nitrogens with one attached hydrogen (secondary N) is 1. The van der Waals surface area contributed by atoms with Crippen molar-refractivity contribution in [3.63, 3.8) is 0 Å². The lowest BCUT2D eigenvalue weighted by molar-refractivity contribution is -0.123. The number of primary amides is 1. The van der Waals surface area contributed by atoms with Gasteiger partial charge >= 0.3 is 0 Å². The average Bonchev–Trinajstić information content (AvgIpc) is 2.35. The Kier molecular flexibility index (Phi) is 5.57. The third-order valence-electron chi connectivity index (χ3n) is 3.48. The summed E-state index contributed by atoms with van der Waals surface area (Å²) in [5, 5.41) is 12.1. The molecule has 1 aliphatic heterocycles. The van der Waals surface area contributed by atoms with Gasteiger partial charge in [-0.15, -0.1) is 0 Å². The molecule has 18 heavy (non-hydrogen) atoms. The number of carbonyl (C=O) groups is 1. The van der Waals surface area contributed by atoms with Crippen LogP contribution in [0.5, 0.6) is 0 Å². The van der Waals surface area contributed by atoms with E-state index in [4.69, 9.17) is 11.0 Å². The second-order valence-electron chi connectivity index (χ2n) is 5.61. The Labute approximate surface area is 109 Å². The zero-order chi connectivity index (χ0) is 13.6. The van der Waals surface area contributed by atoms with Crippen LogP contribution in [0, 0.1) is 16.7 Å². The molecule has 0 bridgehead atoms. The predicted octanol–water partition coefficient (Wildman–Crippen LogP) is 0.466. The van der Waals surface area contributed by atoms with E-state index in [-0.39, 0.29) is 17.4 Å². The van der Waals surface area contributed by atoms with E-state index in [9.17, 15) is 4.79 Å². The molecule has 0 aromatic heterocycles. The van der Waals surface area contributed by atoms with Crippen molar-refractivity contribution < 1.29 is 4.79 Å². The Morgan fingerprint density at radius 2 is 2.28 bits per heavy atom. The van der Waals surface area contributed by atoms with Gasteiger partial charge in [-0.1, -0.05) is 6.42 Å². The summed E-state index contributed by atoms with van der Waals surface area (Å²) in [5.74, 6) is -0.250. The number of nitrogens with two attached hydrogens (primary N) is 1. The van der Waals surface area contributed by atoms with Crippen LogP contribution in [-0.4, -0.2) is 43.0 Å². The molecule has 0 aromatic rings. The van der Waals surface area contributed by atoms with Gasteiger partial charge in [0.2, 0.25) is 5.91 Å². The minimum Gasteiger partial charge on any atom is -0.368 e. The Balaban J connectivity index is 2.29. The second kappa shape index (κ2) is 6.72. The van der Waals surface area contributed by atoms with Crippen molar-refractivity contribution in [2.75, 3.05) is 26.2 Å². The number of piperazine rings is 1. The van der Waals surface area contributed by atoms with Gasteiger partial charge in [0.15, 0.2) is 0 Å². The van der Waals surface area contributed by atoms with Crippen LogP contribution in [-0.2, 0) is 4.79 Å². The molecular formula is C13H24N4O. The third-order valence-corrected chi connectivity index (χ3v) is 3.48. The molecule has 1 aliphatic rings. The standard InChI is InChI=1S/C13H24N4O/c1-13(2,10-14)5-3-4-7-17-8-6-16-9-11(17)12(15)18/h11,16H,3-9H2,1-2H3,(H2,15,18). The molecule has 1 rings (SSSR count). The van der Waals surface area contributed by atoms with Gasteiger partial charge in [-0.25, -0.2) is 0 Å². The molecule has 1 saturated heterocycles. The monoisotopic (exact) mass is 252 g/mol. The highest BCUT2D eigenvalue weighted by Crippen LogP contribution is 2.21. The first-order valence-electron chi connectivity index (χ1n) is 6.61. The van der Waals surface area contributed by atoms with Crippen molar-refractivity contribution >= 4 is 5.91 Å². The summed E-state index contributed by atoms with van der Waals surface area (Å²) in [6, 6.07) is 2.13. The van der Waals surface area contributed by atoms with Crippen LogP contribution in [0.1, 0.15) is 33.1 Å². The Hall–Kier alpha value is -1.12. The zero-order valence-electron chi connectivity index (χ0n) is 11.4. The quantitative estimate of drug-likeness (QED) is 0.673. The summed E-state index contributed by atoms with van der Waals surface area (Å²) in [6.07, 6.45) is 2.92. The van der Waals surface area contributed by atoms with Gasteiger partial charge in [-0.05, 0) is 33.2 Å². The number of nitriles is 1. The van der Waals surface area contributed by atoms with Crippen LogP contribution in [0.25, 0.3) is 0 Å². The SMILES string of the molecule is CC(C)(C#N)CCCCN1CCNCC1C(N)=O. The molecule has 1 atom stereocenters. The largest absolute Gasteiger partial charge is 0.368 e. The molecule has 0 aromatic carbocycles. The van der Waals surface area contributed by atoms with Crippen molar-refractivity contribution in [1.82, 2.24) is 10.2 Å². The van der Waals surface area contributed by atoms with E-state index in [0.29, 0.717) is 6.54 Å². The number of hydrogen-bond acceptors (Lipinski definition) is 4. The maximum absolute atomic E-state index is 11.3. The van der Waals surface area contributed by atoms with E-state index in [0.717, 1.165) is 38.9 Å². The maximum atomic E-state index is 11.3. The highest BCUT2D eigenvalue weighted by Gasteiger charge is 2.26. The summed E-state index contributed by atoms with van der Waals surface area (Å²) in [6.45, 7) is 7.24. The van der Waals surface area contributed by atoms with Crippen LogP contribution in [0.4, 0.5) is 0 Å². The number of amides is 1. The van der Waals surface area contributed by atoms with E-state index in [1.165, 1.54) is 0 Å². The number of carbonyl (C=O) groups excluding carboxylic acids is 1. The third kappa shape index (κ3) is 4.63. The summed E-state index contributed by atoms with van der Waals surface area (Å²) < 4.78 is 0. The highest BCUT2D eigenvalue weighted by atomic mass is 16.1. The van der Waals surface area contributed by atoms with Gasteiger partial charge < -0.3 is 11.1 Å².